The fourth-order valence-electron chi connectivity index (χ4n) is 2.18. The Kier molecular flexibility index (Phi) is 4.61. The smallest absolute Gasteiger partial charge is 0.202 e. The zero-order valence-electron chi connectivity index (χ0n) is 12.2. The number of hydrogen-bond donors (Lipinski definition) is 5. The first kappa shape index (κ1) is 16.4. The maximum absolute atomic E-state index is 12.1. The highest BCUT2D eigenvalue weighted by Crippen LogP contribution is 2.39. The molecule has 0 saturated carbocycles. The first-order valence-electron chi connectivity index (χ1n) is 6.66. The van der Waals surface area contributed by atoms with Gasteiger partial charge in [0.2, 0.25) is 5.75 Å². The summed E-state index contributed by atoms with van der Waals surface area (Å²) in [4.78, 5) is 12.1. The van der Waals surface area contributed by atoms with Gasteiger partial charge in [-0.05, 0) is 29.8 Å². The fraction of sp³-hybridized carbons (Fsp3) is 0.188. The summed E-state index contributed by atoms with van der Waals surface area (Å²) < 4.78 is 4.78. The van der Waals surface area contributed by atoms with E-state index in [1.807, 2.05) is 0 Å². The second-order valence-electron chi connectivity index (χ2n) is 4.94. The number of ether oxygens (including phenoxy) is 1. The molecule has 122 valence electrons. The van der Waals surface area contributed by atoms with Crippen molar-refractivity contribution in [2.24, 2.45) is 0 Å². The lowest BCUT2D eigenvalue weighted by Crippen LogP contribution is -2.07. The van der Waals surface area contributed by atoms with Gasteiger partial charge in [0.1, 0.15) is 11.5 Å². The van der Waals surface area contributed by atoms with Crippen molar-refractivity contribution in [3.05, 3.63) is 41.5 Å². The van der Waals surface area contributed by atoms with E-state index in [1.54, 1.807) is 0 Å². The molecule has 0 aromatic heterocycles. The number of hydrogen-bond acceptors (Lipinski definition) is 7. The number of carbonyl (C=O) groups excluding carboxylic acids is 1. The van der Waals surface area contributed by atoms with Crippen LogP contribution in [0.4, 0.5) is 0 Å². The molecule has 0 bridgehead atoms. The third-order valence-electron chi connectivity index (χ3n) is 3.32. The molecule has 0 aliphatic heterocycles. The van der Waals surface area contributed by atoms with Crippen molar-refractivity contribution in [2.75, 3.05) is 7.11 Å². The second-order valence-corrected chi connectivity index (χ2v) is 4.94. The summed E-state index contributed by atoms with van der Waals surface area (Å²) in [6, 6.07) is 5.85. The zero-order valence-corrected chi connectivity index (χ0v) is 12.2. The highest BCUT2D eigenvalue weighted by atomic mass is 16.5. The van der Waals surface area contributed by atoms with E-state index in [-0.39, 0.29) is 40.5 Å². The molecule has 0 amide bonds. The average Bonchev–Trinajstić information content (AvgIpc) is 2.46. The van der Waals surface area contributed by atoms with Crippen LogP contribution in [0.25, 0.3) is 0 Å². The van der Waals surface area contributed by atoms with Gasteiger partial charge in [-0.3, -0.25) is 4.79 Å². The van der Waals surface area contributed by atoms with Gasteiger partial charge in [-0.15, -0.1) is 0 Å². The number of aromatic hydroxyl groups is 4. The van der Waals surface area contributed by atoms with Crippen molar-refractivity contribution >= 4 is 5.78 Å². The van der Waals surface area contributed by atoms with Crippen LogP contribution in [0.15, 0.2) is 30.3 Å². The van der Waals surface area contributed by atoms with Crippen molar-refractivity contribution < 1.29 is 35.1 Å². The molecule has 1 atom stereocenters. The molecule has 2 aromatic rings. The van der Waals surface area contributed by atoms with Crippen LogP contribution in [0.2, 0.25) is 0 Å². The molecule has 2 aromatic carbocycles. The van der Waals surface area contributed by atoms with Gasteiger partial charge < -0.3 is 30.3 Å². The molecule has 0 radical (unpaired) electrons. The lowest BCUT2D eigenvalue weighted by atomic mass is 9.99. The van der Waals surface area contributed by atoms with Gasteiger partial charge in [0.15, 0.2) is 17.3 Å². The maximum Gasteiger partial charge on any atom is 0.202 e. The van der Waals surface area contributed by atoms with E-state index in [0.29, 0.717) is 0 Å². The van der Waals surface area contributed by atoms with Crippen LogP contribution in [0.5, 0.6) is 28.7 Å². The van der Waals surface area contributed by atoms with Crippen LogP contribution in [0, 0.1) is 0 Å². The predicted octanol–water partition coefficient (Wildman–Crippen LogP) is 1.82. The van der Waals surface area contributed by atoms with Gasteiger partial charge in [0, 0.05) is 12.5 Å². The maximum atomic E-state index is 12.1. The van der Waals surface area contributed by atoms with Crippen LogP contribution in [-0.2, 0) is 0 Å². The van der Waals surface area contributed by atoms with E-state index in [9.17, 15) is 30.3 Å². The number of carbonyl (C=O) groups is 1. The molecule has 1 unspecified atom stereocenters. The minimum absolute atomic E-state index is 0.0520. The molecule has 0 heterocycles. The van der Waals surface area contributed by atoms with E-state index >= 15 is 0 Å². The lowest BCUT2D eigenvalue weighted by molar-refractivity contribution is 0.0876. The van der Waals surface area contributed by atoms with Crippen LogP contribution in [0.1, 0.15) is 28.4 Å². The summed E-state index contributed by atoms with van der Waals surface area (Å²) in [6.07, 6.45) is -1.69. The summed E-state index contributed by atoms with van der Waals surface area (Å²) in [5, 5.41) is 48.3. The van der Waals surface area contributed by atoms with Crippen molar-refractivity contribution in [1.29, 1.82) is 0 Å². The van der Waals surface area contributed by atoms with Crippen molar-refractivity contribution in [2.45, 2.75) is 12.5 Å². The quantitative estimate of drug-likeness (QED) is 0.532. The van der Waals surface area contributed by atoms with Crippen LogP contribution >= 0.6 is 0 Å². The minimum Gasteiger partial charge on any atom is -0.508 e. The summed E-state index contributed by atoms with van der Waals surface area (Å²) in [5.74, 6) is -2.04. The van der Waals surface area contributed by atoms with E-state index in [2.05, 4.69) is 0 Å². The Labute approximate surface area is 131 Å². The van der Waals surface area contributed by atoms with Gasteiger partial charge in [-0.25, -0.2) is 0 Å². The largest absolute Gasteiger partial charge is 0.508 e. The average molecular weight is 320 g/mol. The molecule has 7 heteroatoms. The van der Waals surface area contributed by atoms with E-state index in [1.165, 1.54) is 31.4 Å². The number of rotatable bonds is 5. The lowest BCUT2D eigenvalue weighted by Gasteiger charge is -2.14. The Hall–Kier alpha value is -2.93. The highest BCUT2D eigenvalue weighted by molar-refractivity contribution is 5.99. The monoisotopic (exact) mass is 320 g/mol. The zero-order chi connectivity index (χ0) is 17.1. The summed E-state index contributed by atoms with van der Waals surface area (Å²) in [7, 11) is 1.27. The van der Waals surface area contributed by atoms with Gasteiger partial charge in [-0.2, -0.15) is 0 Å². The van der Waals surface area contributed by atoms with Crippen molar-refractivity contribution in [3.63, 3.8) is 0 Å². The minimum atomic E-state index is -1.31. The highest BCUT2D eigenvalue weighted by Gasteiger charge is 2.20. The Morgan fingerprint density at radius 1 is 1.04 bits per heavy atom. The first-order valence-corrected chi connectivity index (χ1v) is 6.66. The number of aliphatic hydroxyl groups excluding tert-OH is 1. The topological polar surface area (TPSA) is 127 Å². The first-order chi connectivity index (χ1) is 10.8. The number of Topliss-reactive ketones (excluding diaryl/α,β-unsaturated/α-hetero) is 1. The predicted molar refractivity (Wildman–Crippen MR) is 80.0 cm³/mol. The van der Waals surface area contributed by atoms with Crippen molar-refractivity contribution in [3.8, 4) is 28.7 Å². The summed E-state index contributed by atoms with van der Waals surface area (Å²) in [6.45, 7) is 0. The van der Waals surface area contributed by atoms with Gasteiger partial charge in [-0.1, -0.05) is 0 Å². The number of methoxy groups -OCH3 is 1. The number of aliphatic hydroxyl groups is 1. The summed E-state index contributed by atoms with van der Waals surface area (Å²) >= 11 is 0. The Bertz CT molecular complexity index is 716. The molecule has 7 nitrogen and oxygen atoms in total. The standard InChI is InChI=1S/C16H16O7/c1-23-16-14(21)4-8(5-15(16)22)11(18)7-13(20)10-3-2-9(17)6-12(10)19/h2-6,11,17-19,21-22H,7H2,1H3. The molecular formula is C16H16O7. The van der Waals surface area contributed by atoms with Gasteiger partial charge in [0.25, 0.3) is 0 Å². The fourth-order valence-corrected chi connectivity index (χ4v) is 2.18. The molecule has 0 aliphatic rings. The molecule has 23 heavy (non-hydrogen) atoms. The Balaban J connectivity index is 2.21. The van der Waals surface area contributed by atoms with Crippen molar-refractivity contribution in [1.82, 2.24) is 0 Å². The number of phenols is 4. The van der Waals surface area contributed by atoms with Crippen LogP contribution in [0.3, 0.4) is 0 Å². The van der Waals surface area contributed by atoms with E-state index in [4.69, 9.17) is 4.74 Å². The molecule has 0 fully saturated rings. The number of ketones is 1. The summed E-state index contributed by atoms with van der Waals surface area (Å²) in [5.41, 5.74) is 0.0659. The van der Waals surface area contributed by atoms with E-state index in [0.717, 1.165) is 6.07 Å². The van der Waals surface area contributed by atoms with Crippen LogP contribution < -0.4 is 4.74 Å². The van der Waals surface area contributed by atoms with Gasteiger partial charge >= 0.3 is 0 Å². The van der Waals surface area contributed by atoms with Gasteiger partial charge in [0.05, 0.1) is 18.8 Å². The third-order valence-corrected chi connectivity index (χ3v) is 3.32. The molecule has 5 N–H and O–H groups in total. The SMILES string of the molecule is COc1c(O)cc(C(O)CC(=O)c2ccc(O)cc2O)cc1O. The molecular weight excluding hydrogens is 304 g/mol. The van der Waals surface area contributed by atoms with E-state index < -0.39 is 17.6 Å². The Morgan fingerprint density at radius 3 is 2.17 bits per heavy atom. The van der Waals surface area contributed by atoms with Crippen LogP contribution in [-0.4, -0.2) is 38.4 Å². The number of phenolic OH excluding ortho intramolecular Hbond substituents is 4. The molecule has 0 saturated heterocycles. The molecule has 0 spiro atoms. The molecule has 2 rings (SSSR count). The molecule has 0 aliphatic carbocycles. The second kappa shape index (κ2) is 6.45. The normalized spacial score (nSPS) is 11.9. The Morgan fingerprint density at radius 2 is 1.65 bits per heavy atom. The third kappa shape index (κ3) is 3.46. The number of benzene rings is 2.